The lowest BCUT2D eigenvalue weighted by molar-refractivity contribution is -0.120. The summed E-state index contributed by atoms with van der Waals surface area (Å²) < 4.78 is 6.69. The molecule has 0 atom stereocenters. The fraction of sp³-hybridized carbons (Fsp3) is 0.125. The summed E-state index contributed by atoms with van der Waals surface area (Å²) >= 11 is 5.35. The fourth-order valence-electron chi connectivity index (χ4n) is 1.83. The number of phenolic OH excluding ortho intramolecular Hbond substituents is 1. The molecule has 0 fully saturated rings. The van der Waals surface area contributed by atoms with Crippen molar-refractivity contribution in [3.05, 3.63) is 55.6 Å². The third-order valence-corrected chi connectivity index (χ3v) is 4.30. The maximum Gasteiger partial charge on any atom is 0.244 e. The van der Waals surface area contributed by atoms with Gasteiger partial charge in [0.1, 0.15) is 0 Å². The maximum absolute atomic E-state index is 11.8. The lowest BCUT2D eigenvalue weighted by atomic mass is 10.1. The van der Waals surface area contributed by atoms with E-state index in [0.29, 0.717) is 14.9 Å². The van der Waals surface area contributed by atoms with Gasteiger partial charge in [0, 0.05) is 4.47 Å². The van der Waals surface area contributed by atoms with Gasteiger partial charge in [0.25, 0.3) is 0 Å². The minimum Gasteiger partial charge on any atom is -0.504 e. The SMILES string of the molecule is COc1cc(/C=N/NC(=O)Cc2ccc(Br)cc2)cc(I)c1O. The predicted molar refractivity (Wildman–Crippen MR) is 101 cm³/mol. The summed E-state index contributed by atoms with van der Waals surface area (Å²) in [5.41, 5.74) is 4.10. The van der Waals surface area contributed by atoms with E-state index >= 15 is 0 Å². The van der Waals surface area contributed by atoms with E-state index in [1.54, 1.807) is 12.1 Å². The Balaban J connectivity index is 1.97. The van der Waals surface area contributed by atoms with Crippen LogP contribution in [0.4, 0.5) is 0 Å². The van der Waals surface area contributed by atoms with Crippen LogP contribution in [0.1, 0.15) is 11.1 Å². The normalized spacial score (nSPS) is 10.7. The van der Waals surface area contributed by atoms with Crippen molar-refractivity contribution in [3.63, 3.8) is 0 Å². The van der Waals surface area contributed by atoms with Crippen LogP contribution < -0.4 is 10.2 Å². The molecule has 2 N–H and O–H groups in total. The first-order chi connectivity index (χ1) is 11.0. The Hall–Kier alpha value is -1.61. The van der Waals surface area contributed by atoms with Crippen LogP contribution >= 0.6 is 38.5 Å². The molecule has 0 spiro atoms. The molecule has 0 aromatic heterocycles. The summed E-state index contributed by atoms with van der Waals surface area (Å²) in [5.74, 6) is 0.244. The number of ether oxygens (including phenoxy) is 1. The van der Waals surface area contributed by atoms with Crippen molar-refractivity contribution in [2.45, 2.75) is 6.42 Å². The molecular formula is C16H14BrIN2O3. The number of hydrazone groups is 1. The number of hydrogen-bond acceptors (Lipinski definition) is 4. The van der Waals surface area contributed by atoms with Crippen LogP contribution in [0, 0.1) is 3.57 Å². The summed E-state index contributed by atoms with van der Waals surface area (Å²) in [6.07, 6.45) is 1.75. The standard InChI is InChI=1S/C16H14BrIN2O3/c1-23-14-7-11(6-13(18)16(14)22)9-19-20-15(21)8-10-2-4-12(17)5-3-10/h2-7,9,22H,8H2,1H3,(H,20,21)/b19-9+. The quantitative estimate of drug-likeness (QED) is 0.384. The molecule has 0 radical (unpaired) electrons. The monoisotopic (exact) mass is 488 g/mol. The van der Waals surface area contributed by atoms with Gasteiger partial charge in [0.15, 0.2) is 11.5 Å². The van der Waals surface area contributed by atoms with Crippen LogP contribution in [-0.4, -0.2) is 24.3 Å². The smallest absolute Gasteiger partial charge is 0.244 e. The van der Waals surface area contributed by atoms with E-state index < -0.39 is 0 Å². The molecule has 0 bridgehead atoms. The van der Waals surface area contributed by atoms with Crippen molar-refractivity contribution >= 4 is 50.6 Å². The summed E-state index contributed by atoms with van der Waals surface area (Å²) in [5, 5.41) is 13.7. The van der Waals surface area contributed by atoms with E-state index in [1.165, 1.54) is 13.3 Å². The van der Waals surface area contributed by atoms with Crippen LogP contribution in [0.3, 0.4) is 0 Å². The second-order valence-corrected chi connectivity index (χ2v) is 6.73. The topological polar surface area (TPSA) is 70.9 Å². The van der Waals surface area contributed by atoms with E-state index in [1.807, 2.05) is 46.9 Å². The molecule has 7 heteroatoms. The fourth-order valence-corrected chi connectivity index (χ4v) is 2.72. The highest BCUT2D eigenvalue weighted by Gasteiger charge is 2.07. The van der Waals surface area contributed by atoms with Crippen molar-refractivity contribution in [2.75, 3.05) is 7.11 Å². The average molecular weight is 489 g/mol. The molecule has 2 aromatic carbocycles. The number of hydrogen-bond donors (Lipinski definition) is 2. The number of rotatable bonds is 5. The summed E-state index contributed by atoms with van der Waals surface area (Å²) in [6, 6.07) is 10.9. The van der Waals surface area contributed by atoms with Gasteiger partial charge in [-0.25, -0.2) is 5.43 Å². The highest BCUT2D eigenvalue weighted by atomic mass is 127. The molecule has 23 heavy (non-hydrogen) atoms. The number of carbonyl (C=O) groups is 1. The number of halogens is 2. The lowest BCUT2D eigenvalue weighted by Crippen LogP contribution is -2.19. The second kappa shape index (κ2) is 8.30. The largest absolute Gasteiger partial charge is 0.504 e. The Kier molecular flexibility index (Phi) is 6.40. The number of benzene rings is 2. The molecule has 0 heterocycles. The van der Waals surface area contributed by atoms with Crippen molar-refractivity contribution in [2.24, 2.45) is 5.10 Å². The van der Waals surface area contributed by atoms with Crippen LogP contribution in [0.15, 0.2) is 46.0 Å². The van der Waals surface area contributed by atoms with Crippen molar-refractivity contribution < 1.29 is 14.6 Å². The minimum atomic E-state index is -0.205. The van der Waals surface area contributed by atoms with Crippen molar-refractivity contribution in [1.29, 1.82) is 0 Å². The van der Waals surface area contributed by atoms with Gasteiger partial charge in [-0.3, -0.25) is 4.79 Å². The zero-order chi connectivity index (χ0) is 16.8. The molecule has 5 nitrogen and oxygen atoms in total. The molecule has 2 aromatic rings. The number of aromatic hydroxyl groups is 1. The molecule has 0 aliphatic carbocycles. The minimum absolute atomic E-state index is 0.0875. The molecule has 2 rings (SSSR count). The van der Waals surface area contributed by atoms with Gasteiger partial charge in [-0.05, 0) is 58.0 Å². The Morgan fingerprint density at radius 1 is 1.39 bits per heavy atom. The number of nitrogens with one attached hydrogen (secondary N) is 1. The van der Waals surface area contributed by atoms with Gasteiger partial charge in [-0.2, -0.15) is 5.10 Å². The first-order valence-electron chi connectivity index (χ1n) is 6.62. The van der Waals surface area contributed by atoms with E-state index in [-0.39, 0.29) is 18.1 Å². The van der Waals surface area contributed by atoms with E-state index in [9.17, 15) is 9.90 Å². The molecule has 0 aliphatic rings. The molecule has 0 unspecified atom stereocenters. The molecular weight excluding hydrogens is 475 g/mol. The number of phenols is 1. The average Bonchev–Trinajstić information content (AvgIpc) is 2.53. The number of methoxy groups -OCH3 is 1. The van der Waals surface area contributed by atoms with Crippen LogP contribution in [-0.2, 0) is 11.2 Å². The second-order valence-electron chi connectivity index (χ2n) is 4.65. The molecule has 0 saturated carbocycles. The van der Waals surface area contributed by atoms with Gasteiger partial charge in [0.05, 0.1) is 23.3 Å². The number of nitrogens with zero attached hydrogens (tertiary/aromatic N) is 1. The van der Waals surface area contributed by atoms with Gasteiger partial charge in [0.2, 0.25) is 5.91 Å². The highest BCUT2D eigenvalue weighted by Crippen LogP contribution is 2.31. The highest BCUT2D eigenvalue weighted by molar-refractivity contribution is 14.1. The van der Waals surface area contributed by atoms with E-state index in [4.69, 9.17) is 4.74 Å². The molecule has 0 aliphatic heterocycles. The van der Waals surface area contributed by atoms with Crippen LogP contribution in [0.25, 0.3) is 0 Å². The summed E-state index contributed by atoms with van der Waals surface area (Å²) in [7, 11) is 1.48. The Labute approximate surface area is 156 Å². The first-order valence-corrected chi connectivity index (χ1v) is 8.49. The number of amides is 1. The van der Waals surface area contributed by atoms with E-state index in [2.05, 4.69) is 26.5 Å². The number of carbonyl (C=O) groups excluding carboxylic acids is 1. The third-order valence-electron chi connectivity index (χ3n) is 2.95. The van der Waals surface area contributed by atoms with Gasteiger partial charge in [-0.1, -0.05) is 28.1 Å². The summed E-state index contributed by atoms with van der Waals surface area (Å²) in [4.78, 5) is 11.8. The van der Waals surface area contributed by atoms with Crippen molar-refractivity contribution in [1.82, 2.24) is 5.43 Å². The molecule has 1 amide bonds. The van der Waals surface area contributed by atoms with Crippen LogP contribution in [0.2, 0.25) is 0 Å². The summed E-state index contributed by atoms with van der Waals surface area (Å²) in [6.45, 7) is 0. The van der Waals surface area contributed by atoms with Gasteiger partial charge >= 0.3 is 0 Å². The Morgan fingerprint density at radius 3 is 2.74 bits per heavy atom. The first kappa shape index (κ1) is 17.7. The zero-order valence-electron chi connectivity index (χ0n) is 12.2. The van der Waals surface area contributed by atoms with Gasteiger partial charge < -0.3 is 9.84 Å². The third kappa shape index (κ3) is 5.21. The lowest BCUT2D eigenvalue weighted by Gasteiger charge is -2.06. The zero-order valence-corrected chi connectivity index (χ0v) is 16.0. The van der Waals surface area contributed by atoms with E-state index in [0.717, 1.165) is 10.0 Å². The Bertz CT molecular complexity index is 733. The predicted octanol–water partition coefficient (Wildman–Crippen LogP) is 3.46. The Morgan fingerprint density at radius 2 is 2.09 bits per heavy atom. The van der Waals surface area contributed by atoms with Crippen molar-refractivity contribution in [3.8, 4) is 11.5 Å². The van der Waals surface area contributed by atoms with Gasteiger partial charge in [-0.15, -0.1) is 0 Å². The maximum atomic E-state index is 11.8. The van der Waals surface area contributed by atoms with Crippen LogP contribution in [0.5, 0.6) is 11.5 Å². The molecule has 120 valence electrons. The molecule has 0 saturated heterocycles.